The van der Waals surface area contributed by atoms with Gasteiger partial charge < -0.3 is 9.53 Å². The van der Waals surface area contributed by atoms with Gasteiger partial charge in [0.15, 0.2) is 0 Å². The quantitative estimate of drug-likeness (QED) is 0.500. The third kappa shape index (κ3) is 4.99. The van der Waals surface area contributed by atoms with Gasteiger partial charge in [0.05, 0.1) is 13.2 Å². The third-order valence-corrected chi connectivity index (χ3v) is 12.1. The SMILES string of the molecule is CC(C)(C)[Si](OC[C@@H]1CC[C@H](CO)N1Cc1ccccc1)(c1ccccc1)c1ccccc1. The fourth-order valence-electron chi connectivity index (χ4n) is 5.43. The highest BCUT2D eigenvalue weighted by Gasteiger charge is 2.51. The fourth-order valence-corrected chi connectivity index (χ4v) is 10.0. The van der Waals surface area contributed by atoms with E-state index in [2.05, 4.69) is 117 Å². The second-order valence-corrected chi connectivity index (χ2v) is 14.5. The molecule has 0 aromatic heterocycles. The summed E-state index contributed by atoms with van der Waals surface area (Å²) in [5, 5.41) is 12.7. The Hall–Kier alpha value is -2.24. The van der Waals surface area contributed by atoms with Gasteiger partial charge >= 0.3 is 0 Å². The maximum Gasteiger partial charge on any atom is 0.261 e. The molecular formula is C29H37NO2Si. The molecule has 1 aliphatic rings. The second kappa shape index (κ2) is 10.4. The van der Waals surface area contributed by atoms with Crippen LogP contribution in [0.5, 0.6) is 0 Å². The first-order valence-corrected chi connectivity index (χ1v) is 14.0. The monoisotopic (exact) mass is 459 g/mol. The molecule has 174 valence electrons. The molecule has 1 saturated heterocycles. The van der Waals surface area contributed by atoms with Crippen LogP contribution in [0.25, 0.3) is 0 Å². The van der Waals surface area contributed by atoms with Gasteiger partial charge in [-0.1, -0.05) is 112 Å². The molecule has 1 aliphatic heterocycles. The summed E-state index contributed by atoms with van der Waals surface area (Å²) in [4.78, 5) is 2.47. The van der Waals surface area contributed by atoms with Crippen molar-refractivity contribution in [3.63, 3.8) is 0 Å². The van der Waals surface area contributed by atoms with Crippen molar-refractivity contribution in [2.45, 2.75) is 57.3 Å². The fraction of sp³-hybridized carbons (Fsp3) is 0.379. The minimum absolute atomic E-state index is 0.0328. The smallest absolute Gasteiger partial charge is 0.261 e. The predicted octanol–water partition coefficient (Wildman–Crippen LogP) is 4.59. The maximum absolute atomic E-state index is 10.1. The summed E-state index contributed by atoms with van der Waals surface area (Å²) in [5.41, 5.74) is 1.29. The molecule has 3 aromatic carbocycles. The number of nitrogens with zero attached hydrogens (tertiary/aromatic N) is 1. The number of aliphatic hydroxyl groups excluding tert-OH is 1. The molecule has 0 bridgehead atoms. The largest absolute Gasteiger partial charge is 0.406 e. The van der Waals surface area contributed by atoms with Crippen molar-refractivity contribution in [3.8, 4) is 0 Å². The highest BCUT2D eigenvalue weighted by Crippen LogP contribution is 2.38. The Labute approximate surface area is 200 Å². The van der Waals surface area contributed by atoms with E-state index in [1.54, 1.807) is 0 Å². The summed E-state index contributed by atoms with van der Waals surface area (Å²) in [6.07, 6.45) is 2.06. The average molecular weight is 460 g/mol. The van der Waals surface area contributed by atoms with E-state index in [-0.39, 0.29) is 17.7 Å². The second-order valence-electron chi connectivity index (χ2n) is 10.2. The lowest BCUT2D eigenvalue weighted by Crippen LogP contribution is -2.67. The molecule has 3 aromatic rings. The van der Waals surface area contributed by atoms with Crippen LogP contribution in [-0.2, 0) is 11.0 Å². The van der Waals surface area contributed by atoms with Crippen molar-refractivity contribution in [2.75, 3.05) is 13.2 Å². The summed E-state index contributed by atoms with van der Waals surface area (Å²) in [5.74, 6) is 0. The van der Waals surface area contributed by atoms with Gasteiger partial charge in [0.25, 0.3) is 8.32 Å². The maximum atomic E-state index is 10.1. The topological polar surface area (TPSA) is 32.7 Å². The van der Waals surface area contributed by atoms with E-state index in [9.17, 15) is 5.11 Å². The Kier molecular flexibility index (Phi) is 7.50. The van der Waals surface area contributed by atoms with E-state index >= 15 is 0 Å². The molecule has 33 heavy (non-hydrogen) atoms. The molecule has 3 nitrogen and oxygen atoms in total. The predicted molar refractivity (Wildman–Crippen MR) is 139 cm³/mol. The van der Waals surface area contributed by atoms with Crippen LogP contribution in [0.4, 0.5) is 0 Å². The molecule has 4 rings (SSSR count). The van der Waals surface area contributed by atoms with Crippen LogP contribution in [0.2, 0.25) is 5.04 Å². The van der Waals surface area contributed by atoms with Crippen LogP contribution in [0.15, 0.2) is 91.0 Å². The molecule has 1 heterocycles. The van der Waals surface area contributed by atoms with Crippen LogP contribution >= 0.6 is 0 Å². The zero-order valence-electron chi connectivity index (χ0n) is 20.2. The zero-order chi connectivity index (χ0) is 23.3. The number of benzene rings is 3. The number of likely N-dealkylation sites (tertiary alicyclic amines) is 1. The molecule has 0 amide bonds. The van der Waals surface area contributed by atoms with Crippen molar-refractivity contribution >= 4 is 18.7 Å². The Balaban J connectivity index is 1.67. The minimum Gasteiger partial charge on any atom is -0.406 e. The van der Waals surface area contributed by atoms with Gasteiger partial charge in [-0.2, -0.15) is 0 Å². The zero-order valence-corrected chi connectivity index (χ0v) is 21.2. The van der Waals surface area contributed by atoms with Gasteiger partial charge in [0, 0.05) is 18.6 Å². The van der Waals surface area contributed by atoms with Gasteiger partial charge in [-0.3, -0.25) is 4.90 Å². The molecule has 0 unspecified atom stereocenters. The number of aliphatic hydroxyl groups is 1. The standard InChI is InChI=1S/C29H37NO2Si/c1-29(2,3)33(27-15-9-5-10-16-27,28-17-11-6-12-18-28)32-23-26-20-19-25(22-31)30(26)21-24-13-7-4-8-14-24/h4-18,25-26,31H,19-23H2,1-3H3/t25-,26+/m1/s1. The van der Waals surface area contributed by atoms with Crippen molar-refractivity contribution in [2.24, 2.45) is 0 Å². The Morgan fingerprint density at radius 2 is 1.27 bits per heavy atom. The van der Waals surface area contributed by atoms with E-state index in [4.69, 9.17) is 4.43 Å². The van der Waals surface area contributed by atoms with Gasteiger partial charge in [0.1, 0.15) is 0 Å². The van der Waals surface area contributed by atoms with E-state index in [0.29, 0.717) is 12.6 Å². The molecule has 4 heteroatoms. The molecule has 1 N–H and O–H groups in total. The Morgan fingerprint density at radius 3 is 1.76 bits per heavy atom. The molecule has 0 aliphatic carbocycles. The van der Waals surface area contributed by atoms with Crippen LogP contribution in [-0.4, -0.2) is 43.6 Å². The van der Waals surface area contributed by atoms with E-state index in [1.165, 1.54) is 15.9 Å². The van der Waals surface area contributed by atoms with Crippen molar-refractivity contribution in [3.05, 3.63) is 96.6 Å². The number of hydrogen-bond acceptors (Lipinski definition) is 3. The Morgan fingerprint density at radius 1 is 0.788 bits per heavy atom. The molecule has 0 spiro atoms. The van der Waals surface area contributed by atoms with Crippen LogP contribution < -0.4 is 10.4 Å². The first-order valence-electron chi connectivity index (χ1n) is 12.1. The number of rotatable bonds is 8. The van der Waals surface area contributed by atoms with Gasteiger partial charge in [-0.05, 0) is 33.8 Å². The summed E-state index contributed by atoms with van der Waals surface area (Å²) in [6.45, 7) is 8.70. The minimum atomic E-state index is -2.56. The third-order valence-electron chi connectivity index (χ3n) is 7.10. The summed E-state index contributed by atoms with van der Waals surface area (Å²) < 4.78 is 7.23. The lowest BCUT2D eigenvalue weighted by Gasteiger charge is -2.44. The van der Waals surface area contributed by atoms with Crippen LogP contribution in [0, 0.1) is 0 Å². The van der Waals surface area contributed by atoms with Crippen molar-refractivity contribution < 1.29 is 9.53 Å². The van der Waals surface area contributed by atoms with E-state index < -0.39 is 8.32 Å². The number of hydrogen-bond donors (Lipinski definition) is 1. The van der Waals surface area contributed by atoms with Crippen molar-refractivity contribution in [1.29, 1.82) is 0 Å². The normalized spacial score (nSPS) is 19.6. The first kappa shape index (κ1) is 23.9. The molecule has 2 atom stereocenters. The lowest BCUT2D eigenvalue weighted by molar-refractivity contribution is 0.0939. The average Bonchev–Trinajstić information content (AvgIpc) is 3.22. The lowest BCUT2D eigenvalue weighted by atomic mass is 10.2. The molecule has 1 fully saturated rings. The Bertz CT molecular complexity index is 949. The van der Waals surface area contributed by atoms with Gasteiger partial charge in [0.2, 0.25) is 0 Å². The first-order chi connectivity index (χ1) is 16.0. The van der Waals surface area contributed by atoms with E-state index in [1.807, 2.05) is 0 Å². The van der Waals surface area contributed by atoms with Crippen LogP contribution in [0.3, 0.4) is 0 Å². The van der Waals surface area contributed by atoms with Gasteiger partial charge in [-0.25, -0.2) is 0 Å². The van der Waals surface area contributed by atoms with Gasteiger partial charge in [-0.15, -0.1) is 0 Å². The van der Waals surface area contributed by atoms with E-state index in [0.717, 1.165) is 19.4 Å². The molecule has 0 saturated carbocycles. The molecule has 0 radical (unpaired) electrons. The highest BCUT2D eigenvalue weighted by atomic mass is 28.4. The van der Waals surface area contributed by atoms with Crippen molar-refractivity contribution in [1.82, 2.24) is 4.90 Å². The summed E-state index contributed by atoms with van der Waals surface area (Å²) in [7, 11) is -2.56. The van der Waals surface area contributed by atoms with Crippen LogP contribution in [0.1, 0.15) is 39.2 Å². The molecular weight excluding hydrogens is 422 g/mol. The summed E-state index contributed by atoms with van der Waals surface area (Å²) in [6, 6.07) is 32.8. The highest BCUT2D eigenvalue weighted by molar-refractivity contribution is 6.99. The summed E-state index contributed by atoms with van der Waals surface area (Å²) >= 11 is 0.